The molecule has 0 saturated carbocycles. The van der Waals surface area contributed by atoms with E-state index in [1.807, 2.05) is 12.1 Å². The molecule has 0 aliphatic rings. The zero-order valence-electron chi connectivity index (χ0n) is 15.6. The molecule has 0 bridgehead atoms. The first-order valence-corrected chi connectivity index (χ1v) is 8.78. The van der Waals surface area contributed by atoms with Crippen molar-refractivity contribution in [1.82, 2.24) is 9.97 Å². The normalized spacial score (nSPS) is 10.3. The van der Waals surface area contributed by atoms with Gasteiger partial charge in [-0.15, -0.1) is 0 Å². The summed E-state index contributed by atoms with van der Waals surface area (Å²) in [6.07, 6.45) is 0. The number of aryl methyl sites for hydroxylation is 1. The highest BCUT2D eigenvalue weighted by Gasteiger charge is 2.14. The minimum atomic E-state index is -0.397. The van der Waals surface area contributed by atoms with Gasteiger partial charge in [0.25, 0.3) is 5.91 Å². The number of halogens is 1. The molecule has 2 aromatic carbocycles. The van der Waals surface area contributed by atoms with Crippen LogP contribution in [0.1, 0.15) is 16.2 Å². The van der Waals surface area contributed by atoms with Gasteiger partial charge in [-0.05, 0) is 43.3 Å². The van der Waals surface area contributed by atoms with Crippen LogP contribution in [0.25, 0.3) is 0 Å². The Morgan fingerprint density at radius 3 is 2.57 bits per heavy atom. The van der Waals surface area contributed by atoms with Crippen molar-refractivity contribution in [3.8, 4) is 11.5 Å². The number of carbonyl (C=O) groups is 1. The first-order chi connectivity index (χ1) is 13.5. The van der Waals surface area contributed by atoms with Gasteiger partial charge in [0.1, 0.15) is 17.2 Å². The maximum absolute atomic E-state index is 12.7. The molecular formula is C20H19ClN4O3. The van der Waals surface area contributed by atoms with Crippen molar-refractivity contribution in [2.75, 3.05) is 24.9 Å². The number of hydrogen-bond acceptors (Lipinski definition) is 6. The van der Waals surface area contributed by atoms with E-state index in [1.54, 1.807) is 50.4 Å². The van der Waals surface area contributed by atoms with Crippen molar-refractivity contribution in [1.29, 1.82) is 0 Å². The first-order valence-electron chi connectivity index (χ1n) is 8.40. The standard InChI is InChI=1S/C20H19ClN4O3/c1-12-9-17(25-20(22-12)23-14-6-4-5-13(21)10-14)19(26)24-16-11-15(27-2)7-8-18(16)28-3/h4-11H,1-3H3,(H,24,26)(H,22,23,25). The second-order valence-corrected chi connectivity index (χ2v) is 6.31. The molecule has 3 aromatic rings. The summed E-state index contributed by atoms with van der Waals surface area (Å²) in [5.74, 6) is 1.01. The molecule has 0 radical (unpaired) electrons. The maximum atomic E-state index is 12.7. The molecule has 3 rings (SSSR count). The highest BCUT2D eigenvalue weighted by Crippen LogP contribution is 2.29. The molecule has 2 N–H and O–H groups in total. The van der Waals surface area contributed by atoms with Crippen LogP contribution in [-0.2, 0) is 0 Å². The Bertz CT molecular complexity index is 1010. The lowest BCUT2D eigenvalue weighted by molar-refractivity contribution is 0.102. The molecule has 0 unspecified atom stereocenters. The summed E-state index contributed by atoms with van der Waals surface area (Å²) >= 11 is 6.00. The zero-order valence-corrected chi connectivity index (χ0v) is 16.4. The van der Waals surface area contributed by atoms with Gasteiger partial charge in [-0.1, -0.05) is 17.7 Å². The second-order valence-electron chi connectivity index (χ2n) is 5.87. The lowest BCUT2D eigenvalue weighted by Crippen LogP contribution is -2.16. The number of aromatic nitrogens is 2. The van der Waals surface area contributed by atoms with Crippen molar-refractivity contribution in [2.45, 2.75) is 6.92 Å². The van der Waals surface area contributed by atoms with Crippen molar-refractivity contribution < 1.29 is 14.3 Å². The van der Waals surface area contributed by atoms with E-state index >= 15 is 0 Å². The van der Waals surface area contributed by atoms with Crippen LogP contribution in [0.15, 0.2) is 48.5 Å². The summed E-state index contributed by atoms with van der Waals surface area (Å²) < 4.78 is 10.5. The summed E-state index contributed by atoms with van der Waals surface area (Å²) in [4.78, 5) is 21.4. The largest absolute Gasteiger partial charge is 0.497 e. The summed E-state index contributed by atoms with van der Waals surface area (Å²) in [5.41, 5.74) is 2.05. The van der Waals surface area contributed by atoms with E-state index in [2.05, 4.69) is 20.6 Å². The third kappa shape index (κ3) is 4.69. The number of rotatable bonds is 6. The number of hydrogen-bond donors (Lipinski definition) is 2. The molecule has 144 valence electrons. The van der Waals surface area contributed by atoms with E-state index in [0.29, 0.717) is 33.9 Å². The van der Waals surface area contributed by atoms with Gasteiger partial charge in [0.15, 0.2) is 0 Å². The summed E-state index contributed by atoms with van der Waals surface area (Å²) in [6.45, 7) is 1.79. The zero-order chi connectivity index (χ0) is 20.1. The van der Waals surface area contributed by atoms with E-state index in [1.165, 1.54) is 7.11 Å². The highest BCUT2D eigenvalue weighted by molar-refractivity contribution is 6.30. The van der Waals surface area contributed by atoms with Crippen molar-refractivity contribution in [3.05, 3.63) is 64.9 Å². The third-order valence-corrected chi connectivity index (χ3v) is 4.06. The predicted molar refractivity (Wildman–Crippen MR) is 109 cm³/mol. The minimum Gasteiger partial charge on any atom is -0.497 e. The SMILES string of the molecule is COc1ccc(OC)c(NC(=O)c2cc(C)nc(Nc3cccc(Cl)c3)n2)c1. The third-order valence-electron chi connectivity index (χ3n) is 3.82. The van der Waals surface area contributed by atoms with E-state index < -0.39 is 5.91 Å². The average Bonchev–Trinajstić information content (AvgIpc) is 2.67. The molecule has 0 saturated heterocycles. The number of nitrogens with one attached hydrogen (secondary N) is 2. The van der Waals surface area contributed by atoms with Crippen molar-refractivity contribution in [2.24, 2.45) is 0 Å². The Labute approximate surface area is 167 Å². The van der Waals surface area contributed by atoms with Crippen LogP contribution in [-0.4, -0.2) is 30.1 Å². The highest BCUT2D eigenvalue weighted by atomic mass is 35.5. The Kier molecular flexibility index (Phi) is 5.96. The van der Waals surface area contributed by atoms with Gasteiger partial charge < -0.3 is 20.1 Å². The van der Waals surface area contributed by atoms with Crippen molar-refractivity contribution in [3.63, 3.8) is 0 Å². The van der Waals surface area contributed by atoms with Gasteiger partial charge in [-0.2, -0.15) is 0 Å². The number of methoxy groups -OCH3 is 2. The number of ether oxygens (including phenoxy) is 2. The lowest BCUT2D eigenvalue weighted by atomic mass is 10.2. The molecule has 0 fully saturated rings. The quantitative estimate of drug-likeness (QED) is 0.638. The second kappa shape index (κ2) is 8.58. The van der Waals surface area contributed by atoms with Crippen LogP contribution in [0, 0.1) is 6.92 Å². The van der Waals surface area contributed by atoms with Gasteiger partial charge in [0, 0.05) is 22.5 Å². The van der Waals surface area contributed by atoms with Crippen LogP contribution in [0.5, 0.6) is 11.5 Å². The molecule has 0 aliphatic carbocycles. The Morgan fingerprint density at radius 2 is 1.86 bits per heavy atom. The van der Waals surface area contributed by atoms with Crippen LogP contribution in [0.4, 0.5) is 17.3 Å². The fraction of sp³-hybridized carbons (Fsp3) is 0.150. The molecule has 1 amide bonds. The number of benzene rings is 2. The molecule has 1 aromatic heterocycles. The number of nitrogens with zero attached hydrogens (tertiary/aromatic N) is 2. The summed E-state index contributed by atoms with van der Waals surface area (Å²) in [7, 11) is 3.08. The minimum absolute atomic E-state index is 0.210. The molecular weight excluding hydrogens is 380 g/mol. The fourth-order valence-corrected chi connectivity index (χ4v) is 2.72. The van der Waals surface area contributed by atoms with Crippen LogP contribution >= 0.6 is 11.6 Å². The molecule has 1 heterocycles. The molecule has 0 spiro atoms. The monoisotopic (exact) mass is 398 g/mol. The lowest BCUT2D eigenvalue weighted by Gasteiger charge is -2.12. The Morgan fingerprint density at radius 1 is 1.04 bits per heavy atom. The van der Waals surface area contributed by atoms with Gasteiger partial charge in [0.2, 0.25) is 5.95 Å². The van der Waals surface area contributed by atoms with Crippen molar-refractivity contribution >= 4 is 34.8 Å². The van der Waals surface area contributed by atoms with Gasteiger partial charge in [0.05, 0.1) is 19.9 Å². The number of carbonyl (C=O) groups excluding carboxylic acids is 1. The topological polar surface area (TPSA) is 85.4 Å². The first kappa shape index (κ1) is 19.4. The average molecular weight is 399 g/mol. The molecule has 0 aliphatic heterocycles. The Hall–Kier alpha value is -3.32. The van der Waals surface area contributed by atoms with Gasteiger partial charge in [-0.3, -0.25) is 4.79 Å². The number of anilines is 3. The van der Waals surface area contributed by atoms with Crippen LogP contribution in [0.3, 0.4) is 0 Å². The molecule has 7 nitrogen and oxygen atoms in total. The van der Waals surface area contributed by atoms with E-state index in [-0.39, 0.29) is 5.69 Å². The Balaban J connectivity index is 1.85. The smallest absolute Gasteiger partial charge is 0.274 e. The molecule has 8 heteroatoms. The van der Waals surface area contributed by atoms with Gasteiger partial charge >= 0.3 is 0 Å². The maximum Gasteiger partial charge on any atom is 0.274 e. The molecule has 0 atom stereocenters. The van der Waals surface area contributed by atoms with E-state index in [9.17, 15) is 4.79 Å². The summed E-state index contributed by atoms with van der Waals surface area (Å²) in [5, 5.41) is 6.43. The van der Waals surface area contributed by atoms with E-state index in [0.717, 1.165) is 5.69 Å². The fourth-order valence-electron chi connectivity index (χ4n) is 2.53. The molecule has 28 heavy (non-hydrogen) atoms. The van der Waals surface area contributed by atoms with Gasteiger partial charge in [-0.25, -0.2) is 9.97 Å². The van der Waals surface area contributed by atoms with E-state index in [4.69, 9.17) is 21.1 Å². The number of amides is 1. The summed E-state index contributed by atoms with van der Waals surface area (Å²) in [6, 6.07) is 13.9. The van der Waals surface area contributed by atoms with Crippen LogP contribution in [0.2, 0.25) is 5.02 Å². The van der Waals surface area contributed by atoms with Crippen LogP contribution < -0.4 is 20.1 Å². The predicted octanol–water partition coefficient (Wildman–Crippen LogP) is 4.45.